The second-order valence-corrected chi connectivity index (χ2v) is 5.62. The van der Waals surface area contributed by atoms with Crippen molar-refractivity contribution >= 4 is 23.1 Å². The predicted octanol–water partition coefficient (Wildman–Crippen LogP) is 2.98. The lowest BCUT2D eigenvalue weighted by molar-refractivity contribution is 0.200. The SMILES string of the molecule is OC(CSc1ccc(F)cc1)Cc1nccs1. The van der Waals surface area contributed by atoms with Gasteiger partial charge in [-0.2, -0.15) is 0 Å². The van der Waals surface area contributed by atoms with Gasteiger partial charge in [0, 0.05) is 28.6 Å². The topological polar surface area (TPSA) is 33.1 Å². The molecule has 1 atom stereocenters. The molecule has 1 aromatic heterocycles. The number of benzene rings is 1. The Morgan fingerprint density at radius 2 is 2.12 bits per heavy atom. The molecule has 0 saturated heterocycles. The molecule has 0 aliphatic heterocycles. The third-order valence-corrected chi connectivity index (χ3v) is 4.11. The zero-order chi connectivity index (χ0) is 12.1. The van der Waals surface area contributed by atoms with E-state index in [9.17, 15) is 9.50 Å². The Hall–Kier alpha value is -0.910. The lowest BCUT2D eigenvalue weighted by Crippen LogP contribution is -2.13. The van der Waals surface area contributed by atoms with Crippen LogP contribution in [0.2, 0.25) is 0 Å². The molecule has 0 saturated carbocycles. The van der Waals surface area contributed by atoms with E-state index in [-0.39, 0.29) is 5.82 Å². The van der Waals surface area contributed by atoms with Crippen LogP contribution in [-0.4, -0.2) is 21.9 Å². The predicted molar refractivity (Wildman–Crippen MR) is 68.9 cm³/mol. The van der Waals surface area contributed by atoms with Crippen molar-refractivity contribution in [2.45, 2.75) is 17.4 Å². The number of thiazole rings is 1. The molecule has 1 N–H and O–H groups in total. The minimum Gasteiger partial charge on any atom is -0.392 e. The molecule has 1 unspecified atom stereocenters. The molecular weight excluding hydrogens is 257 g/mol. The van der Waals surface area contributed by atoms with Crippen LogP contribution in [0.1, 0.15) is 5.01 Å². The van der Waals surface area contributed by atoms with E-state index < -0.39 is 6.10 Å². The number of nitrogens with zero attached hydrogens (tertiary/aromatic N) is 1. The Kier molecular flexibility index (Phi) is 4.53. The highest BCUT2D eigenvalue weighted by molar-refractivity contribution is 7.99. The molecule has 1 heterocycles. The van der Waals surface area contributed by atoms with Crippen molar-refractivity contribution in [1.82, 2.24) is 4.98 Å². The van der Waals surface area contributed by atoms with Crippen molar-refractivity contribution < 1.29 is 9.50 Å². The number of aliphatic hydroxyl groups excluding tert-OH is 1. The van der Waals surface area contributed by atoms with Crippen molar-refractivity contribution in [3.05, 3.63) is 46.7 Å². The molecule has 90 valence electrons. The average molecular weight is 269 g/mol. The first-order valence-electron chi connectivity index (χ1n) is 5.19. The van der Waals surface area contributed by atoms with E-state index in [0.717, 1.165) is 9.90 Å². The number of hydrogen-bond acceptors (Lipinski definition) is 4. The van der Waals surface area contributed by atoms with Crippen molar-refractivity contribution in [1.29, 1.82) is 0 Å². The Balaban J connectivity index is 1.79. The highest BCUT2D eigenvalue weighted by atomic mass is 32.2. The lowest BCUT2D eigenvalue weighted by Gasteiger charge is -2.08. The Bertz CT molecular complexity index is 444. The van der Waals surface area contributed by atoms with E-state index in [1.807, 2.05) is 5.38 Å². The molecule has 17 heavy (non-hydrogen) atoms. The molecular formula is C12H12FNOS2. The van der Waals surface area contributed by atoms with Gasteiger partial charge in [-0.15, -0.1) is 23.1 Å². The highest BCUT2D eigenvalue weighted by Gasteiger charge is 2.08. The van der Waals surface area contributed by atoms with E-state index in [4.69, 9.17) is 0 Å². The summed E-state index contributed by atoms with van der Waals surface area (Å²) in [6.07, 6.45) is 1.89. The van der Waals surface area contributed by atoms with Gasteiger partial charge in [-0.3, -0.25) is 0 Å². The number of aromatic nitrogens is 1. The van der Waals surface area contributed by atoms with Crippen LogP contribution in [-0.2, 0) is 6.42 Å². The fourth-order valence-electron chi connectivity index (χ4n) is 1.34. The van der Waals surface area contributed by atoms with Crippen LogP contribution in [0.4, 0.5) is 4.39 Å². The standard InChI is InChI=1S/C12H12FNOS2/c13-9-1-3-11(4-2-9)17-8-10(15)7-12-14-5-6-16-12/h1-6,10,15H,7-8H2. The Labute approximate surface area is 108 Å². The van der Waals surface area contributed by atoms with Crippen LogP contribution in [0, 0.1) is 5.82 Å². The van der Waals surface area contributed by atoms with E-state index in [0.29, 0.717) is 12.2 Å². The zero-order valence-electron chi connectivity index (χ0n) is 9.04. The normalized spacial score (nSPS) is 12.6. The average Bonchev–Trinajstić information content (AvgIpc) is 2.81. The van der Waals surface area contributed by atoms with E-state index >= 15 is 0 Å². The molecule has 2 aromatic rings. The first-order valence-corrected chi connectivity index (χ1v) is 7.05. The van der Waals surface area contributed by atoms with Crippen molar-refractivity contribution in [2.75, 3.05) is 5.75 Å². The fraction of sp³-hybridized carbons (Fsp3) is 0.250. The maximum atomic E-state index is 12.7. The van der Waals surface area contributed by atoms with Gasteiger partial charge >= 0.3 is 0 Å². The molecule has 5 heteroatoms. The van der Waals surface area contributed by atoms with Crippen LogP contribution >= 0.6 is 23.1 Å². The minimum absolute atomic E-state index is 0.238. The van der Waals surface area contributed by atoms with Crippen molar-refractivity contribution in [3.63, 3.8) is 0 Å². The molecule has 1 aromatic carbocycles. The monoisotopic (exact) mass is 269 g/mol. The lowest BCUT2D eigenvalue weighted by atomic mass is 10.3. The van der Waals surface area contributed by atoms with Gasteiger partial charge in [0.1, 0.15) is 5.82 Å². The summed E-state index contributed by atoms with van der Waals surface area (Å²) in [6, 6.07) is 6.29. The van der Waals surface area contributed by atoms with Crippen LogP contribution in [0.15, 0.2) is 40.7 Å². The largest absolute Gasteiger partial charge is 0.392 e. The summed E-state index contributed by atoms with van der Waals surface area (Å²) < 4.78 is 12.7. The van der Waals surface area contributed by atoms with Crippen LogP contribution < -0.4 is 0 Å². The van der Waals surface area contributed by atoms with Crippen LogP contribution in [0.25, 0.3) is 0 Å². The molecule has 0 bridgehead atoms. The third-order valence-electron chi connectivity index (χ3n) is 2.15. The maximum Gasteiger partial charge on any atom is 0.123 e. The van der Waals surface area contributed by atoms with Gasteiger partial charge in [-0.1, -0.05) is 0 Å². The Morgan fingerprint density at radius 1 is 1.35 bits per heavy atom. The first kappa shape index (κ1) is 12.5. The van der Waals surface area contributed by atoms with Crippen LogP contribution in [0.5, 0.6) is 0 Å². The molecule has 0 aliphatic carbocycles. The van der Waals surface area contributed by atoms with Gasteiger partial charge in [0.25, 0.3) is 0 Å². The summed E-state index contributed by atoms with van der Waals surface area (Å²) in [7, 11) is 0. The minimum atomic E-state index is -0.420. The van der Waals surface area contributed by atoms with Crippen molar-refractivity contribution in [3.8, 4) is 0 Å². The molecule has 2 rings (SSSR count). The van der Waals surface area contributed by atoms with Gasteiger partial charge in [0.05, 0.1) is 11.1 Å². The number of aliphatic hydroxyl groups is 1. The van der Waals surface area contributed by atoms with Crippen molar-refractivity contribution in [2.24, 2.45) is 0 Å². The third kappa shape index (κ3) is 4.11. The summed E-state index contributed by atoms with van der Waals surface area (Å²) in [5.74, 6) is 0.350. The van der Waals surface area contributed by atoms with Gasteiger partial charge in [-0.05, 0) is 24.3 Å². The van der Waals surface area contributed by atoms with Gasteiger partial charge in [0.2, 0.25) is 0 Å². The smallest absolute Gasteiger partial charge is 0.123 e. The van der Waals surface area contributed by atoms with E-state index in [1.54, 1.807) is 29.7 Å². The van der Waals surface area contributed by atoms with E-state index in [1.165, 1.54) is 23.9 Å². The summed E-state index contributed by atoms with van der Waals surface area (Å²) in [5.41, 5.74) is 0. The number of halogens is 1. The Morgan fingerprint density at radius 3 is 2.76 bits per heavy atom. The summed E-state index contributed by atoms with van der Waals surface area (Å²) in [6.45, 7) is 0. The zero-order valence-corrected chi connectivity index (χ0v) is 10.7. The molecule has 0 spiro atoms. The molecule has 2 nitrogen and oxygen atoms in total. The fourth-order valence-corrected chi connectivity index (χ4v) is 2.86. The second-order valence-electron chi connectivity index (χ2n) is 3.55. The summed E-state index contributed by atoms with van der Waals surface area (Å²) >= 11 is 3.06. The van der Waals surface area contributed by atoms with E-state index in [2.05, 4.69) is 4.98 Å². The molecule has 0 amide bonds. The molecule has 0 aliphatic rings. The van der Waals surface area contributed by atoms with Gasteiger partial charge < -0.3 is 5.11 Å². The number of thioether (sulfide) groups is 1. The van der Waals surface area contributed by atoms with Crippen LogP contribution in [0.3, 0.4) is 0 Å². The number of rotatable bonds is 5. The summed E-state index contributed by atoms with van der Waals surface area (Å²) in [4.78, 5) is 5.09. The summed E-state index contributed by atoms with van der Waals surface area (Å²) in [5, 5.41) is 12.6. The maximum absolute atomic E-state index is 12.7. The van der Waals surface area contributed by atoms with Gasteiger partial charge in [-0.25, -0.2) is 9.37 Å². The number of hydrogen-bond donors (Lipinski definition) is 1. The first-order chi connectivity index (χ1) is 8.24. The quantitative estimate of drug-likeness (QED) is 0.847. The molecule has 0 radical (unpaired) electrons. The second kappa shape index (κ2) is 6.14. The molecule has 0 fully saturated rings. The highest BCUT2D eigenvalue weighted by Crippen LogP contribution is 2.20. The van der Waals surface area contributed by atoms with Gasteiger partial charge in [0.15, 0.2) is 0 Å².